The van der Waals surface area contributed by atoms with Gasteiger partial charge < -0.3 is 0 Å². The smallest absolute Gasteiger partial charge is 0.0595 e. The number of aryl methyl sites for hydroxylation is 1. The standard InChI is InChI=1S/C15H15BrCl2N2/c1-9-2-4-11(12(16)6-9)15(20-19)8-10-3-5-13(17)14(18)7-10/h2-7,15,20H,8,19H2,1H3. The lowest BCUT2D eigenvalue weighted by Gasteiger charge is -2.18. The molecule has 2 aromatic carbocycles. The van der Waals surface area contributed by atoms with Crippen molar-refractivity contribution in [2.45, 2.75) is 19.4 Å². The maximum absolute atomic E-state index is 6.05. The fraction of sp³-hybridized carbons (Fsp3) is 0.200. The highest BCUT2D eigenvalue weighted by molar-refractivity contribution is 9.10. The van der Waals surface area contributed by atoms with Crippen LogP contribution >= 0.6 is 39.1 Å². The van der Waals surface area contributed by atoms with Crippen molar-refractivity contribution in [1.29, 1.82) is 0 Å². The molecule has 1 unspecified atom stereocenters. The van der Waals surface area contributed by atoms with Crippen LogP contribution in [0.25, 0.3) is 0 Å². The number of rotatable bonds is 4. The van der Waals surface area contributed by atoms with E-state index in [-0.39, 0.29) is 6.04 Å². The quantitative estimate of drug-likeness (QED) is 0.596. The molecule has 0 fully saturated rings. The summed E-state index contributed by atoms with van der Waals surface area (Å²) in [6.07, 6.45) is 0.731. The summed E-state index contributed by atoms with van der Waals surface area (Å²) >= 11 is 15.6. The topological polar surface area (TPSA) is 38.0 Å². The first kappa shape index (κ1) is 15.8. The third-order valence-corrected chi connectivity index (χ3v) is 4.58. The molecule has 20 heavy (non-hydrogen) atoms. The molecule has 0 aliphatic heterocycles. The van der Waals surface area contributed by atoms with E-state index in [4.69, 9.17) is 29.0 Å². The monoisotopic (exact) mass is 372 g/mol. The fourth-order valence-electron chi connectivity index (χ4n) is 2.08. The third kappa shape index (κ3) is 3.74. The molecule has 0 saturated carbocycles. The molecular weight excluding hydrogens is 359 g/mol. The molecule has 3 N–H and O–H groups in total. The molecule has 0 spiro atoms. The summed E-state index contributed by atoms with van der Waals surface area (Å²) in [5, 5.41) is 1.12. The molecule has 2 aromatic rings. The van der Waals surface area contributed by atoms with Gasteiger partial charge in [-0.25, -0.2) is 0 Å². The van der Waals surface area contributed by atoms with Crippen molar-refractivity contribution in [3.8, 4) is 0 Å². The molecule has 2 nitrogen and oxygen atoms in total. The highest BCUT2D eigenvalue weighted by atomic mass is 79.9. The van der Waals surface area contributed by atoms with Crippen LogP contribution in [0.1, 0.15) is 22.7 Å². The maximum atomic E-state index is 6.05. The number of nitrogens with two attached hydrogens (primary N) is 1. The van der Waals surface area contributed by atoms with E-state index >= 15 is 0 Å². The van der Waals surface area contributed by atoms with E-state index in [1.54, 1.807) is 6.07 Å². The van der Waals surface area contributed by atoms with E-state index in [2.05, 4.69) is 46.5 Å². The molecule has 0 radical (unpaired) electrons. The molecule has 0 aromatic heterocycles. The third-order valence-electron chi connectivity index (χ3n) is 3.16. The SMILES string of the molecule is Cc1ccc(C(Cc2ccc(Cl)c(Cl)c2)NN)c(Br)c1. The minimum absolute atomic E-state index is 0.00205. The summed E-state index contributed by atoms with van der Waals surface area (Å²) in [7, 11) is 0. The van der Waals surface area contributed by atoms with Gasteiger partial charge in [0.05, 0.1) is 16.1 Å². The Morgan fingerprint density at radius 1 is 1.15 bits per heavy atom. The second-order valence-corrected chi connectivity index (χ2v) is 6.37. The van der Waals surface area contributed by atoms with Crippen molar-refractivity contribution in [3.05, 3.63) is 67.6 Å². The normalized spacial score (nSPS) is 12.4. The van der Waals surface area contributed by atoms with Gasteiger partial charge >= 0.3 is 0 Å². The molecule has 0 bridgehead atoms. The lowest BCUT2D eigenvalue weighted by Crippen LogP contribution is -2.29. The summed E-state index contributed by atoms with van der Waals surface area (Å²) in [6, 6.07) is 11.9. The van der Waals surface area contributed by atoms with Crippen LogP contribution in [0.2, 0.25) is 10.0 Å². The van der Waals surface area contributed by atoms with Crippen molar-refractivity contribution in [2.24, 2.45) is 5.84 Å². The zero-order valence-corrected chi connectivity index (χ0v) is 14.1. The first-order chi connectivity index (χ1) is 9.51. The Morgan fingerprint density at radius 3 is 2.50 bits per heavy atom. The maximum Gasteiger partial charge on any atom is 0.0595 e. The van der Waals surface area contributed by atoms with E-state index in [0.29, 0.717) is 10.0 Å². The summed E-state index contributed by atoms with van der Waals surface area (Å²) in [5.74, 6) is 5.70. The second kappa shape index (κ2) is 6.92. The highest BCUT2D eigenvalue weighted by Gasteiger charge is 2.14. The Balaban J connectivity index is 2.26. The van der Waals surface area contributed by atoms with Crippen molar-refractivity contribution < 1.29 is 0 Å². The second-order valence-electron chi connectivity index (χ2n) is 4.70. The number of hydrazine groups is 1. The van der Waals surface area contributed by atoms with E-state index in [0.717, 1.165) is 22.0 Å². The molecule has 0 saturated heterocycles. The predicted molar refractivity (Wildman–Crippen MR) is 89.1 cm³/mol. The Kier molecular flexibility index (Phi) is 5.47. The van der Waals surface area contributed by atoms with Gasteiger partial charge in [0.25, 0.3) is 0 Å². The lowest BCUT2D eigenvalue weighted by atomic mass is 9.98. The fourth-order valence-corrected chi connectivity index (χ4v) is 3.17. The van der Waals surface area contributed by atoms with Crippen molar-refractivity contribution in [3.63, 3.8) is 0 Å². The van der Waals surface area contributed by atoms with Crippen molar-refractivity contribution in [1.82, 2.24) is 5.43 Å². The molecular formula is C15H15BrCl2N2. The van der Waals surface area contributed by atoms with Crippen LogP contribution in [0.5, 0.6) is 0 Å². The van der Waals surface area contributed by atoms with Crippen LogP contribution in [-0.4, -0.2) is 0 Å². The number of hydrogen-bond acceptors (Lipinski definition) is 2. The van der Waals surface area contributed by atoms with E-state index in [1.165, 1.54) is 5.56 Å². The first-order valence-corrected chi connectivity index (χ1v) is 7.72. The van der Waals surface area contributed by atoms with Crippen LogP contribution < -0.4 is 11.3 Å². The number of benzene rings is 2. The molecule has 0 aliphatic carbocycles. The zero-order valence-electron chi connectivity index (χ0n) is 11.0. The Bertz CT molecular complexity index is 617. The summed E-state index contributed by atoms with van der Waals surface area (Å²) < 4.78 is 1.04. The number of halogens is 3. The molecule has 0 aliphatic rings. The number of hydrogen-bond donors (Lipinski definition) is 2. The van der Waals surface area contributed by atoms with Gasteiger partial charge in [-0.05, 0) is 48.2 Å². The molecule has 106 valence electrons. The predicted octanol–water partition coefficient (Wildman–Crippen LogP) is 4.81. The average molecular weight is 374 g/mol. The summed E-state index contributed by atoms with van der Waals surface area (Å²) in [6.45, 7) is 2.05. The molecule has 0 heterocycles. The summed E-state index contributed by atoms with van der Waals surface area (Å²) in [4.78, 5) is 0. The Morgan fingerprint density at radius 2 is 1.90 bits per heavy atom. The van der Waals surface area contributed by atoms with Gasteiger partial charge in [-0.2, -0.15) is 0 Å². The minimum atomic E-state index is 0.00205. The van der Waals surface area contributed by atoms with Gasteiger partial charge in [0.15, 0.2) is 0 Å². The van der Waals surface area contributed by atoms with Crippen LogP contribution in [-0.2, 0) is 6.42 Å². The van der Waals surface area contributed by atoms with Gasteiger partial charge in [-0.15, -0.1) is 0 Å². The number of nitrogens with one attached hydrogen (secondary N) is 1. The van der Waals surface area contributed by atoms with Gasteiger partial charge in [-0.3, -0.25) is 11.3 Å². The highest BCUT2D eigenvalue weighted by Crippen LogP contribution is 2.29. The Labute approximate surface area is 137 Å². The van der Waals surface area contributed by atoms with E-state index in [9.17, 15) is 0 Å². The largest absolute Gasteiger partial charge is 0.271 e. The van der Waals surface area contributed by atoms with Crippen LogP contribution in [0.3, 0.4) is 0 Å². The minimum Gasteiger partial charge on any atom is -0.271 e. The Hall–Kier alpha value is -0.580. The van der Waals surface area contributed by atoms with E-state index in [1.807, 2.05) is 12.1 Å². The molecule has 0 amide bonds. The lowest BCUT2D eigenvalue weighted by molar-refractivity contribution is 0.550. The van der Waals surface area contributed by atoms with E-state index < -0.39 is 0 Å². The van der Waals surface area contributed by atoms with Crippen LogP contribution in [0, 0.1) is 6.92 Å². The van der Waals surface area contributed by atoms with Gasteiger partial charge in [-0.1, -0.05) is 57.3 Å². The van der Waals surface area contributed by atoms with Crippen molar-refractivity contribution >= 4 is 39.1 Å². The zero-order chi connectivity index (χ0) is 14.7. The molecule has 2 rings (SSSR count). The van der Waals surface area contributed by atoms with Gasteiger partial charge in [0.1, 0.15) is 0 Å². The average Bonchev–Trinajstić information content (AvgIpc) is 2.41. The van der Waals surface area contributed by atoms with Crippen molar-refractivity contribution in [2.75, 3.05) is 0 Å². The first-order valence-electron chi connectivity index (χ1n) is 6.17. The van der Waals surface area contributed by atoms with Gasteiger partial charge in [0.2, 0.25) is 0 Å². The van der Waals surface area contributed by atoms with Crippen LogP contribution in [0.4, 0.5) is 0 Å². The van der Waals surface area contributed by atoms with Gasteiger partial charge in [0, 0.05) is 4.47 Å². The molecule has 5 heteroatoms. The summed E-state index contributed by atoms with van der Waals surface area (Å²) in [5.41, 5.74) is 6.25. The van der Waals surface area contributed by atoms with Crippen LogP contribution in [0.15, 0.2) is 40.9 Å². The molecule has 1 atom stereocenters.